The Bertz CT molecular complexity index is 1100. The molecule has 0 atom stereocenters. The number of ether oxygens (including phenoxy) is 5. The van der Waals surface area contributed by atoms with Crippen LogP contribution in [-0.2, 0) is 13.1 Å². The molecule has 7 nitrogen and oxygen atoms in total. The molecule has 0 heterocycles. The molecule has 3 rings (SSSR count). The molecule has 0 aromatic heterocycles. The number of thiocarbonyl (C=S) groups is 1. The molecule has 0 unspecified atom stereocenters. The zero-order valence-corrected chi connectivity index (χ0v) is 21.6. The molecule has 0 aliphatic carbocycles. The molecule has 3 aromatic carbocycles. The quantitative estimate of drug-likeness (QED) is 0.348. The molecule has 0 bridgehead atoms. The minimum absolute atomic E-state index is 0.485. The Morgan fingerprint density at radius 1 is 0.743 bits per heavy atom. The van der Waals surface area contributed by atoms with Crippen LogP contribution in [0.1, 0.15) is 18.1 Å². The molecular weight excluding hydrogens is 464 g/mol. The van der Waals surface area contributed by atoms with Crippen molar-refractivity contribution in [2.75, 3.05) is 40.4 Å². The molecule has 0 amide bonds. The summed E-state index contributed by atoms with van der Waals surface area (Å²) in [5.74, 6) is 3.53. The SMILES string of the molecule is CCOc1ccc(NC(=S)N(Cc2ccc(OC)cc2)Cc2cc(OC)c(OC)cc2OC)cc1. The molecule has 0 aliphatic rings. The van der Waals surface area contributed by atoms with Crippen LogP contribution in [0.25, 0.3) is 0 Å². The summed E-state index contributed by atoms with van der Waals surface area (Å²) in [7, 11) is 6.50. The van der Waals surface area contributed by atoms with Crippen molar-refractivity contribution < 1.29 is 23.7 Å². The first-order valence-corrected chi connectivity index (χ1v) is 11.6. The summed E-state index contributed by atoms with van der Waals surface area (Å²) >= 11 is 5.84. The molecule has 186 valence electrons. The summed E-state index contributed by atoms with van der Waals surface area (Å²) in [6.45, 7) is 3.64. The number of hydrogen-bond donors (Lipinski definition) is 1. The third-order valence-electron chi connectivity index (χ3n) is 5.38. The average Bonchev–Trinajstić information content (AvgIpc) is 2.89. The highest BCUT2D eigenvalue weighted by Gasteiger charge is 2.18. The fraction of sp³-hybridized carbons (Fsp3) is 0.296. The summed E-state index contributed by atoms with van der Waals surface area (Å²) in [4.78, 5) is 2.07. The largest absolute Gasteiger partial charge is 0.497 e. The lowest BCUT2D eigenvalue weighted by molar-refractivity contribution is 0.340. The van der Waals surface area contributed by atoms with Crippen LogP contribution in [0, 0.1) is 0 Å². The van der Waals surface area contributed by atoms with E-state index in [0.29, 0.717) is 42.1 Å². The number of benzene rings is 3. The zero-order valence-electron chi connectivity index (χ0n) is 20.8. The topological polar surface area (TPSA) is 61.4 Å². The van der Waals surface area contributed by atoms with Crippen LogP contribution in [0.2, 0.25) is 0 Å². The fourth-order valence-corrected chi connectivity index (χ4v) is 3.82. The molecule has 0 saturated carbocycles. The number of nitrogens with one attached hydrogen (secondary N) is 1. The van der Waals surface area contributed by atoms with Gasteiger partial charge >= 0.3 is 0 Å². The van der Waals surface area contributed by atoms with Crippen LogP contribution < -0.4 is 29.0 Å². The summed E-state index contributed by atoms with van der Waals surface area (Å²) < 4.78 is 27.4. The Hall–Kier alpha value is -3.65. The van der Waals surface area contributed by atoms with Crippen LogP contribution in [0.4, 0.5) is 5.69 Å². The Labute approximate surface area is 212 Å². The van der Waals surface area contributed by atoms with Crippen molar-refractivity contribution in [3.8, 4) is 28.7 Å². The first-order valence-electron chi connectivity index (χ1n) is 11.2. The van der Waals surface area contributed by atoms with Crippen LogP contribution in [-0.4, -0.2) is 45.1 Å². The number of methoxy groups -OCH3 is 4. The summed E-state index contributed by atoms with van der Waals surface area (Å²) in [6.07, 6.45) is 0. The van der Waals surface area contributed by atoms with Gasteiger partial charge in [-0.2, -0.15) is 0 Å². The first-order chi connectivity index (χ1) is 17.0. The van der Waals surface area contributed by atoms with E-state index in [2.05, 4.69) is 10.2 Å². The molecule has 8 heteroatoms. The second kappa shape index (κ2) is 12.7. The Morgan fingerprint density at radius 3 is 1.91 bits per heavy atom. The van der Waals surface area contributed by atoms with Gasteiger partial charge in [0.2, 0.25) is 0 Å². The Kier molecular flexibility index (Phi) is 9.43. The van der Waals surface area contributed by atoms with Crippen molar-refractivity contribution >= 4 is 23.0 Å². The van der Waals surface area contributed by atoms with Gasteiger partial charge in [0, 0.05) is 30.4 Å². The third kappa shape index (κ3) is 6.93. The van der Waals surface area contributed by atoms with Crippen LogP contribution >= 0.6 is 12.2 Å². The average molecular weight is 497 g/mol. The molecule has 0 aliphatic heterocycles. The van der Waals surface area contributed by atoms with Crippen molar-refractivity contribution in [2.24, 2.45) is 0 Å². The maximum atomic E-state index is 5.84. The maximum Gasteiger partial charge on any atom is 0.174 e. The highest BCUT2D eigenvalue weighted by molar-refractivity contribution is 7.80. The van der Waals surface area contributed by atoms with E-state index in [4.69, 9.17) is 35.9 Å². The van der Waals surface area contributed by atoms with Gasteiger partial charge in [0.25, 0.3) is 0 Å². The molecule has 0 fully saturated rings. The second-order valence-corrected chi connectivity index (χ2v) is 8.00. The predicted molar refractivity (Wildman–Crippen MR) is 142 cm³/mol. The van der Waals surface area contributed by atoms with Crippen molar-refractivity contribution in [1.29, 1.82) is 0 Å². The minimum Gasteiger partial charge on any atom is -0.497 e. The van der Waals surface area contributed by atoms with Crippen LogP contribution in [0.3, 0.4) is 0 Å². The molecular formula is C27H32N2O5S. The van der Waals surface area contributed by atoms with E-state index in [0.717, 1.165) is 28.3 Å². The molecule has 3 aromatic rings. The van der Waals surface area contributed by atoms with Crippen molar-refractivity contribution in [2.45, 2.75) is 20.0 Å². The van der Waals surface area contributed by atoms with Gasteiger partial charge in [0.05, 0.1) is 35.0 Å². The van der Waals surface area contributed by atoms with E-state index < -0.39 is 0 Å². The lowest BCUT2D eigenvalue weighted by atomic mass is 10.1. The van der Waals surface area contributed by atoms with Gasteiger partial charge in [0.15, 0.2) is 16.6 Å². The van der Waals surface area contributed by atoms with Gasteiger partial charge in [0.1, 0.15) is 17.2 Å². The highest BCUT2D eigenvalue weighted by Crippen LogP contribution is 2.35. The lowest BCUT2D eigenvalue weighted by Gasteiger charge is -2.27. The van der Waals surface area contributed by atoms with Gasteiger partial charge in [-0.15, -0.1) is 0 Å². The molecule has 0 saturated heterocycles. The van der Waals surface area contributed by atoms with Crippen molar-refractivity contribution in [1.82, 2.24) is 4.90 Å². The molecule has 35 heavy (non-hydrogen) atoms. The number of nitrogens with zero attached hydrogens (tertiary/aromatic N) is 1. The normalized spacial score (nSPS) is 10.3. The fourth-order valence-electron chi connectivity index (χ4n) is 3.58. The second-order valence-electron chi connectivity index (χ2n) is 7.61. The van der Waals surface area contributed by atoms with E-state index in [1.807, 2.05) is 67.6 Å². The third-order valence-corrected chi connectivity index (χ3v) is 5.74. The van der Waals surface area contributed by atoms with Crippen molar-refractivity contribution in [3.05, 3.63) is 71.8 Å². The Morgan fingerprint density at radius 2 is 1.34 bits per heavy atom. The van der Waals surface area contributed by atoms with Gasteiger partial charge in [-0.1, -0.05) is 12.1 Å². The summed E-state index contributed by atoms with van der Waals surface area (Å²) in [6, 6.07) is 19.4. The van der Waals surface area contributed by atoms with Crippen LogP contribution in [0.15, 0.2) is 60.7 Å². The zero-order chi connectivity index (χ0) is 25.2. The molecule has 1 N–H and O–H groups in total. The van der Waals surface area contributed by atoms with E-state index >= 15 is 0 Å². The van der Waals surface area contributed by atoms with E-state index in [-0.39, 0.29) is 0 Å². The molecule has 0 spiro atoms. The van der Waals surface area contributed by atoms with Crippen LogP contribution in [0.5, 0.6) is 28.7 Å². The minimum atomic E-state index is 0.485. The molecule has 0 radical (unpaired) electrons. The smallest absolute Gasteiger partial charge is 0.174 e. The van der Waals surface area contributed by atoms with E-state index in [1.165, 1.54) is 0 Å². The van der Waals surface area contributed by atoms with Crippen molar-refractivity contribution in [3.63, 3.8) is 0 Å². The maximum absolute atomic E-state index is 5.84. The summed E-state index contributed by atoms with van der Waals surface area (Å²) in [5, 5.41) is 3.91. The lowest BCUT2D eigenvalue weighted by Crippen LogP contribution is -2.34. The number of anilines is 1. The van der Waals surface area contributed by atoms with Gasteiger partial charge in [-0.25, -0.2) is 0 Å². The highest BCUT2D eigenvalue weighted by atomic mass is 32.1. The van der Waals surface area contributed by atoms with Gasteiger partial charge < -0.3 is 33.9 Å². The monoisotopic (exact) mass is 496 g/mol. The Balaban J connectivity index is 1.89. The number of rotatable bonds is 11. The number of hydrogen-bond acceptors (Lipinski definition) is 6. The van der Waals surface area contributed by atoms with Gasteiger partial charge in [-0.05, 0) is 67.2 Å². The van der Waals surface area contributed by atoms with Gasteiger partial charge in [-0.3, -0.25) is 0 Å². The summed E-state index contributed by atoms with van der Waals surface area (Å²) in [5.41, 5.74) is 2.87. The van der Waals surface area contributed by atoms with E-state index in [9.17, 15) is 0 Å². The standard InChI is InChI=1S/C27H32N2O5S/c1-6-34-23-13-9-21(10-14-23)28-27(35)29(17-19-7-11-22(30-2)12-8-19)18-20-15-25(32-4)26(33-5)16-24(20)31-3/h7-16H,6,17-18H2,1-5H3,(H,28,35). The first kappa shape index (κ1) is 26.0. The van der Waals surface area contributed by atoms with E-state index in [1.54, 1.807) is 28.4 Å². The predicted octanol–water partition coefficient (Wildman–Crippen LogP) is 5.52.